The largest absolute Gasteiger partial charge is 0.505 e. The van der Waals surface area contributed by atoms with Crippen LogP contribution >= 0.6 is 21.6 Å². The van der Waals surface area contributed by atoms with E-state index in [2.05, 4.69) is 11.3 Å². The summed E-state index contributed by atoms with van der Waals surface area (Å²) in [4.78, 5) is 20.5. The van der Waals surface area contributed by atoms with Crippen LogP contribution < -0.4 is 0 Å². The first-order valence-corrected chi connectivity index (χ1v) is 6.55. The maximum Gasteiger partial charge on any atom is 0.505 e. The van der Waals surface area contributed by atoms with Crippen LogP contribution in [0.15, 0.2) is 12.7 Å². The predicted molar refractivity (Wildman–Crippen MR) is 60.0 cm³/mol. The molecule has 86 valence electrons. The molecule has 0 radical (unpaired) electrons. The second-order valence-electron chi connectivity index (χ2n) is 2.13. The number of rotatable bonds is 8. The van der Waals surface area contributed by atoms with E-state index in [-0.39, 0.29) is 6.61 Å². The molecule has 0 aromatic carbocycles. The molecule has 1 N–H and O–H groups in total. The molecule has 7 heteroatoms. The van der Waals surface area contributed by atoms with Crippen molar-refractivity contribution in [2.45, 2.75) is 0 Å². The fraction of sp³-hybridized carbons (Fsp3) is 0.500. The Balaban J connectivity index is 3.08. The van der Waals surface area contributed by atoms with Gasteiger partial charge < -0.3 is 14.6 Å². The number of ether oxygens (including phenoxy) is 2. The molecule has 5 nitrogen and oxygen atoms in total. The number of esters is 1. The van der Waals surface area contributed by atoms with Gasteiger partial charge in [0, 0.05) is 17.6 Å². The molecule has 0 bridgehead atoms. The van der Waals surface area contributed by atoms with Gasteiger partial charge in [-0.2, -0.15) is 0 Å². The highest BCUT2D eigenvalue weighted by Gasteiger charge is 1.97. The Morgan fingerprint density at radius 2 is 1.73 bits per heavy atom. The van der Waals surface area contributed by atoms with E-state index >= 15 is 0 Å². The van der Waals surface area contributed by atoms with E-state index < -0.39 is 12.1 Å². The average molecular weight is 252 g/mol. The van der Waals surface area contributed by atoms with E-state index in [1.54, 1.807) is 0 Å². The van der Waals surface area contributed by atoms with Crippen molar-refractivity contribution < 1.29 is 24.2 Å². The molecule has 15 heavy (non-hydrogen) atoms. The highest BCUT2D eigenvalue weighted by atomic mass is 33.1. The average Bonchev–Trinajstić information content (AvgIpc) is 2.21. The summed E-state index contributed by atoms with van der Waals surface area (Å²) in [6.45, 7) is 3.75. The van der Waals surface area contributed by atoms with Crippen LogP contribution in [0.25, 0.3) is 0 Å². The molecule has 0 aliphatic heterocycles. The van der Waals surface area contributed by atoms with Crippen molar-refractivity contribution in [2.75, 3.05) is 24.7 Å². The third-order valence-electron chi connectivity index (χ3n) is 1.05. The van der Waals surface area contributed by atoms with Gasteiger partial charge in [0.25, 0.3) is 0 Å². The van der Waals surface area contributed by atoms with Crippen molar-refractivity contribution in [3.63, 3.8) is 0 Å². The zero-order valence-electron chi connectivity index (χ0n) is 8.01. The van der Waals surface area contributed by atoms with E-state index in [0.29, 0.717) is 18.1 Å². The minimum atomic E-state index is -1.26. The summed E-state index contributed by atoms with van der Waals surface area (Å²) in [7, 11) is 2.96. The summed E-state index contributed by atoms with van der Waals surface area (Å²) < 4.78 is 9.01. The van der Waals surface area contributed by atoms with Crippen LogP contribution in [0.5, 0.6) is 0 Å². The lowest BCUT2D eigenvalue weighted by Gasteiger charge is -2.01. The van der Waals surface area contributed by atoms with Gasteiger partial charge in [0.05, 0.1) is 0 Å². The fourth-order valence-electron chi connectivity index (χ4n) is 0.516. The lowest BCUT2D eigenvalue weighted by Crippen LogP contribution is -2.04. The molecule has 0 aliphatic carbocycles. The van der Waals surface area contributed by atoms with Gasteiger partial charge in [-0.05, 0) is 0 Å². The molecule has 0 amide bonds. The predicted octanol–water partition coefficient (Wildman–Crippen LogP) is 1.79. The molecule has 0 heterocycles. The zero-order valence-corrected chi connectivity index (χ0v) is 9.64. The molecule has 0 saturated heterocycles. The van der Waals surface area contributed by atoms with Crippen molar-refractivity contribution in [1.82, 2.24) is 0 Å². The Morgan fingerprint density at radius 3 is 2.20 bits per heavy atom. The van der Waals surface area contributed by atoms with Gasteiger partial charge in [0.2, 0.25) is 0 Å². The molecular weight excluding hydrogens is 240 g/mol. The van der Waals surface area contributed by atoms with Gasteiger partial charge in [-0.1, -0.05) is 28.2 Å². The van der Waals surface area contributed by atoms with Crippen LogP contribution in [0.4, 0.5) is 4.79 Å². The normalized spacial score (nSPS) is 9.33. The van der Waals surface area contributed by atoms with Gasteiger partial charge in [0.15, 0.2) is 0 Å². The summed E-state index contributed by atoms with van der Waals surface area (Å²) >= 11 is 0. The number of carboxylic acid groups (broad SMARTS) is 1. The minimum absolute atomic E-state index is 0.166. The van der Waals surface area contributed by atoms with Gasteiger partial charge in [-0.25, -0.2) is 9.59 Å². The summed E-state index contributed by atoms with van der Waals surface area (Å²) in [5, 5.41) is 8.14. The zero-order chi connectivity index (χ0) is 11.5. The van der Waals surface area contributed by atoms with E-state index in [9.17, 15) is 9.59 Å². The highest BCUT2D eigenvalue weighted by molar-refractivity contribution is 8.76. The molecule has 0 fully saturated rings. The maximum atomic E-state index is 10.6. The van der Waals surface area contributed by atoms with Crippen LogP contribution in [-0.4, -0.2) is 42.0 Å². The number of hydrogen-bond donors (Lipinski definition) is 1. The number of carbonyl (C=O) groups excluding carboxylic acids is 1. The number of carbonyl (C=O) groups is 2. The first kappa shape index (κ1) is 14.2. The van der Waals surface area contributed by atoms with Crippen molar-refractivity contribution in [3.8, 4) is 0 Å². The van der Waals surface area contributed by atoms with E-state index in [1.165, 1.54) is 21.6 Å². The molecule has 0 unspecified atom stereocenters. The molecular formula is C8H12O5S2. The van der Waals surface area contributed by atoms with Crippen LogP contribution in [0.1, 0.15) is 0 Å². The van der Waals surface area contributed by atoms with E-state index in [4.69, 9.17) is 9.84 Å². The van der Waals surface area contributed by atoms with Gasteiger partial charge in [-0.15, -0.1) is 0 Å². The van der Waals surface area contributed by atoms with Crippen LogP contribution in [0, 0.1) is 0 Å². The Bertz CT molecular complexity index is 219. The van der Waals surface area contributed by atoms with Crippen molar-refractivity contribution in [2.24, 2.45) is 0 Å². The van der Waals surface area contributed by atoms with Crippen molar-refractivity contribution in [1.29, 1.82) is 0 Å². The second-order valence-corrected chi connectivity index (χ2v) is 4.83. The summed E-state index contributed by atoms with van der Waals surface area (Å²) in [5.41, 5.74) is 0. The number of hydrogen-bond acceptors (Lipinski definition) is 6. The first-order chi connectivity index (χ1) is 7.16. The fourth-order valence-corrected chi connectivity index (χ4v) is 2.17. The van der Waals surface area contributed by atoms with Crippen LogP contribution in [0.2, 0.25) is 0 Å². The second kappa shape index (κ2) is 9.72. The van der Waals surface area contributed by atoms with E-state index in [1.807, 2.05) is 0 Å². The summed E-state index contributed by atoms with van der Waals surface area (Å²) in [6, 6.07) is 0. The Hall–Kier alpha value is -0.820. The van der Waals surface area contributed by atoms with Gasteiger partial charge in [-0.3, -0.25) is 0 Å². The maximum absolute atomic E-state index is 10.6. The van der Waals surface area contributed by atoms with Crippen molar-refractivity contribution >= 4 is 33.7 Å². The summed E-state index contributed by atoms with van der Waals surface area (Å²) in [6.07, 6.45) is -0.154. The minimum Gasteiger partial charge on any atom is -0.462 e. The lowest BCUT2D eigenvalue weighted by atomic mass is 10.6. The molecule has 0 aromatic heterocycles. The molecule has 0 rings (SSSR count). The molecule has 0 aromatic rings. The third kappa shape index (κ3) is 11.1. The molecule has 0 spiro atoms. The molecule has 0 aliphatic rings. The smallest absolute Gasteiger partial charge is 0.462 e. The van der Waals surface area contributed by atoms with Crippen LogP contribution in [0.3, 0.4) is 0 Å². The van der Waals surface area contributed by atoms with Gasteiger partial charge >= 0.3 is 12.1 Å². The summed E-state index contributed by atoms with van der Waals surface area (Å²) in [5.74, 6) is 0.791. The Morgan fingerprint density at radius 1 is 1.20 bits per heavy atom. The first-order valence-electron chi connectivity index (χ1n) is 4.06. The Labute approximate surface area is 95.6 Å². The lowest BCUT2D eigenvalue weighted by molar-refractivity contribution is -0.137. The molecule has 0 atom stereocenters. The third-order valence-corrected chi connectivity index (χ3v) is 3.39. The SMILES string of the molecule is C=CC(=O)OCCSSCCOC(=O)O. The standard InChI is InChI=1S/C8H12O5S2/c1-2-7(9)12-3-5-14-15-6-4-13-8(10)11/h2H,1,3-6H2,(H,10,11). The monoisotopic (exact) mass is 252 g/mol. The Kier molecular flexibility index (Phi) is 9.19. The van der Waals surface area contributed by atoms with Crippen LogP contribution in [-0.2, 0) is 14.3 Å². The molecule has 0 saturated carbocycles. The quantitative estimate of drug-likeness (QED) is 0.305. The van der Waals surface area contributed by atoms with Crippen molar-refractivity contribution in [3.05, 3.63) is 12.7 Å². The topological polar surface area (TPSA) is 72.8 Å². The van der Waals surface area contributed by atoms with Gasteiger partial charge in [0.1, 0.15) is 13.2 Å². The highest BCUT2D eigenvalue weighted by Crippen LogP contribution is 2.20. The van der Waals surface area contributed by atoms with E-state index in [0.717, 1.165) is 6.08 Å².